The van der Waals surface area contributed by atoms with E-state index in [0.717, 1.165) is 39.1 Å². The zero-order valence-corrected chi connectivity index (χ0v) is 15.5. The zero-order valence-electron chi connectivity index (χ0n) is 14.8. The first-order valence-electron chi connectivity index (χ1n) is 8.86. The van der Waals surface area contributed by atoms with Gasteiger partial charge in [-0.3, -0.25) is 0 Å². The first-order chi connectivity index (χ1) is 13.3. The fourth-order valence-corrected chi connectivity index (χ4v) is 2.98. The molecule has 0 saturated heterocycles. The van der Waals surface area contributed by atoms with Gasteiger partial charge in [-0.05, 0) is 47.5 Å². The van der Waals surface area contributed by atoms with Crippen molar-refractivity contribution in [2.24, 2.45) is 0 Å². The lowest BCUT2D eigenvalue weighted by atomic mass is 10.2. The van der Waals surface area contributed by atoms with Crippen LogP contribution in [0, 0.1) is 0 Å². The summed E-state index contributed by atoms with van der Waals surface area (Å²) in [4.78, 5) is 0. The highest BCUT2D eigenvalue weighted by Gasteiger charge is 2.11. The van der Waals surface area contributed by atoms with Crippen molar-refractivity contribution >= 4 is 17.3 Å². The highest BCUT2D eigenvalue weighted by atomic mass is 35.5. The normalized spacial score (nSPS) is 12.5. The van der Waals surface area contributed by atoms with Crippen LogP contribution in [0.3, 0.4) is 0 Å². The minimum Gasteiger partial charge on any atom is -0.489 e. The summed E-state index contributed by atoms with van der Waals surface area (Å²) in [6.45, 7) is 2.39. The molecule has 1 aliphatic rings. The molecule has 0 radical (unpaired) electrons. The first kappa shape index (κ1) is 17.6. The van der Waals surface area contributed by atoms with Gasteiger partial charge in [0.2, 0.25) is 0 Å². The molecule has 0 fully saturated rings. The monoisotopic (exact) mass is 381 g/mol. The van der Waals surface area contributed by atoms with E-state index in [-0.39, 0.29) is 0 Å². The highest BCUT2D eigenvalue weighted by molar-refractivity contribution is 6.30. The third-order valence-electron chi connectivity index (χ3n) is 4.26. The molecule has 0 aliphatic carbocycles. The van der Waals surface area contributed by atoms with Gasteiger partial charge in [-0.25, -0.2) is 0 Å². The first-order valence-corrected chi connectivity index (χ1v) is 9.24. The van der Waals surface area contributed by atoms with Gasteiger partial charge < -0.3 is 19.5 Å². The third kappa shape index (κ3) is 4.66. The maximum absolute atomic E-state index is 5.91. The van der Waals surface area contributed by atoms with Crippen LogP contribution in [0.25, 0.3) is 0 Å². The number of benzene rings is 3. The number of halogens is 1. The molecule has 4 nitrogen and oxygen atoms in total. The predicted octanol–water partition coefficient (Wildman–Crippen LogP) is 5.30. The van der Waals surface area contributed by atoms with Crippen molar-refractivity contribution in [3.8, 4) is 17.2 Å². The Morgan fingerprint density at radius 1 is 0.852 bits per heavy atom. The van der Waals surface area contributed by atoms with Gasteiger partial charge in [-0.15, -0.1) is 0 Å². The molecular weight excluding hydrogens is 362 g/mol. The van der Waals surface area contributed by atoms with Gasteiger partial charge in [-0.2, -0.15) is 0 Å². The lowest BCUT2D eigenvalue weighted by molar-refractivity contribution is 0.171. The van der Waals surface area contributed by atoms with Crippen molar-refractivity contribution in [1.29, 1.82) is 0 Å². The predicted molar refractivity (Wildman–Crippen MR) is 107 cm³/mol. The SMILES string of the molecule is Clc1ccc(COc2cccc(CNc3ccc4c(c3)OCCO4)c2)cc1. The summed E-state index contributed by atoms with van der Waals surface area (Å²) in [5, 5.41) is 4.14. The molecule has 1 aliphatic heterocycles. The van der Waals surface area contributed by atoms with Crippen LogP contribution in [0.15, 0.2) is 66.7 Å². The van der Waals surface area contributed by atoms with E-state index < -0.39 is 0 Å². The number of hydrogen-bond donors (Lipinski definition) is 1. The Hall–Kier alpha value is -2.85. The molecule has 0 amide bonds. The molecule has 0 atom stereocenters. The maximum atomic E-state index is 5.91. The van der Waals surface area contributed by atoms with Crippen molar-refractivity contribution in [3.63, 3.8) is 0 Å². The maximum Gasteiger partial charge on any atom is 0.163 e. The third-order valence-corrected chi connectivity index (χ3v) is 4.51. The molecule has 3 aromatic rings. The van der Waals surface area contributed by atoms with Gasteiger partial charge in [0.15, 0.2) is 11.5 Å². The molecule has 27 heavy (non-hydrogen) atoms. The summed E-state index contributed by atoms with van der Waals surface area (Å²) >= 11 is 5.91. The standard InChI is InChI=1S/C22H20ClNO3/c23-18-6-4-16(5-7-18)15-27-20-3-1-2-17(12-20)14-24-19-8-9-21-22(13-19)26-11-10-25-21/h1-9,12-13,24H,10-11,14-15H2. The van der Waals surface area contributed by atoms with Gasteiger partial charge in [0, 0.05) is 23.3 Å². The second-order valence-corrected chi connectivity index (χ2v) is 6.71. The topological polar surface area (TPSA) is 39.7 Å². The summed E-state index contributed by atoms with van der Waals surface area (Å²) in [7, 11) is 0. The van der Waals surface area contributed by atoms with Crippen LogP contribution in [0.4, 0.5) is 5.69 Å². The van der Waals surface area contributed by atoms with E-state index in [2.05, 4.69) is 11.4 Å². The van der Waals surface area contributed by atoms with E-state index in [1.54, 1.807) is 0 Å². The Morgan fingerprint density at radius 3 is 2.52 bits per heavy atom. The molecule has 5 heteroatoms. The average Bonchev–Trinajstić information content (AvgIpc) is 2.72. The Balaban J connectivity index is 1.35. The number of anilines is 1. The number of fused-ring (bicyclic) bond motifs is 1. The Labute approximate surface area is 163 Å². The van der Waals surface area contributed by atoms with E-state index in [0.29, 0.717) is 26.4 Å². The molecule has 0 saturated carbocycles. The smallest absolute Gasteiger partial charge is 0.163 e. The molecule has 3 aromatic carbocycles. The van der Waals surface area contributed by atoms with Crippen LogP contribution in [0.2, 0.25) is 5.02 Å². The Bertz CT molecular complexity index is 912. The Morgan fingerprint density at radius 2 is 1.67 bits per heavy atom. The number of hydrogen-bond acceptors (Lipinski definition) is 4. The summed E-state index contributed by atoms with van der Waals surface area (Å²) in [5.74, 6) is 2.42. The quantitative estimate of drug-likeness (QED) is 0.628. The highest BCUT2D eigenvalue weighted by Crippen LogP contribution is 2.32. The van der Waals surface area contributed by atoms with Crippen molar-refractivity contribution in [2.75, 3.05) is 18.5 Å². The zero-order chi connectivity index (χ0) is 18.5. The van der Waals surface area contributed by atoms with E-state index >= 15 is 0 Å². The lowest BCUT2D eigenvalue weighted by Crippen LogP contribution is -2.15. The number of ether oxygens (including phenoxy) is 3. The minimum atomic E-state index is 0.510. The van der Waals surface area contributed by atoms with Gasteiger partial charge in [0.1, 0.15) is 25.6 Å². The molecule has 0 spiro atoms. The van der Waals surface area contributed by atoms with Crippen LogP contribution in [-0.2, 0) is 13.2 Å². The van der Waals surface area contributed by atoms with Crippen molar-refractivity contribution < 1.29 is 14.2 Å². The van der Waals surface area contributed by atoms with Crippen LogP contribution in [0.1, 0.15) is 11.1 Å². The van der Waals surface area contributed by atoms with Gasteiger partial charge in [0.25, 0.3) is 0 Å². The summed E-state index contributed by atoms with van der Waals surface area (Å²) < 4.78 is 17.1. The van der Waals surface area contributed by atoms with E-state index in [9.17, 15) is 0 Å². The molecule has 138 valence electrons. The molecule has 0 aromatic heterocycles. The molecule has 1 heterocycles. The minimum absolute atomic E-state index is 0.510. The largest absolute Gasteiger partial charge is 0.489 e. The van der Waals surface area contributed by atoms with Crippen LogP contribution < -0.4 is 19.5 Å². The van der Waals surface area contributed by atoms with Gasteiger partial charge in [0.05, 0.1) is 0 Å². The van der Waals surface area contributed by atoms with Crippen molar-refractivity contribution in [1.82, 2.24) is 0 Å². The molecule has 1 N–H and O–H groups in total. The fourth-order valence-electron chi connectivity index (χ4n) is 2.85. The molecule has 0 bridgehead atoms. The fraction of sp³-hybridized carbons (Fsp3) is 0.182. The summed E-state index contributed by atoms with van der Waals surface area (Å²) in [5.41, 5.74) is 3.21. The second-order valence-electron chi connectivity index (χ2n) is 6.27. The van der Waals surface area contributed by atoms with Crippen LogP contribution in [-0.4, -0.2) is 13.2 Å². The van der Waals surface area contributed by atoms with E-state index in [4.69, 9.17) is 25.8 Å². The van der Waals surface area contributed by atoms with E-state index in [1.165, 1.54) is 0 Å². The summed E-state index contributed by atoms with van der Waals surface area (Å²) in [6, 6.07) is 21.6. The number of nitrogens with one attached hydrogen (secondary N) is 1. The number of rotatable bonds is 6. The van der Waals surface area contributed by atoms with Crippen LogP contribution in [0.5, 0.6) is 17.2 Å². The van der Waals surface area contributed by atoms with Crippen molar-refractivity contribution in [3.05, 3.63) is 82.9 Å². The lowest BCUT2D eigenvalue weighted by Gasteiger charge is -2.19. The molecule has 4 rings (SSSR count). The Kier molecular flexibility index (Phi) is 5.35. The summed E-state index contributed by atoms with van der Waals surface area (Å²) in [6.07, 6.45) is 0. The van der Waals surface area contributed by atoms with Gasteiger partial charge in [-0.1, -0.05) is 35.9 Å². The van der Waals surface area contributed by atoms with Crippen LogP contribution >= 0.6 is 11.6 Å². The van der Waals surface area contributed by atoms with Crippen molar-refractivity contribution in [2.45, 2.75) is 13.2 Å². The van der Waals surface area contributed by atoms with E-state index in [1.807, 2.05) is 60.7 Å². The molecular formula is C22H20ClNO3. The van der Waals surface area contributed by atoms with Gasteiger partial charge >= 0.3 is 0 Å². The average molecular weight is 382 g/mol. The molecule has 0 unspecified atom stereocenters. The second kappa shape index (κ2) is 8.23.